The van der Waals surface area contributed by atoms with E-state index in [1.165, 1.54) is 17.7 Å². The lowest BCUT2D eigenvalue weighted by Gasteiger charge is -2.30. The number of nitrogens with one attached hydrogen (secondary N) is 1. The molecule has 2 heterocycles. The van der Waals surface area contributed by atoms with Gasteiger partial charge in [-0.1, -0.05) is 61.0 Å². The van der Waals surface area contributed by atoms with E-state index in [-0.39, 0.29) is 17.4 Å². The van der Waals surface area contributed by atoms with Gasteiger partial charge in [-0.25, -0.2) is 9.07 Å². The van der Waals surface area contributed by atoms with Crippen molar-refractivity contribution in [3.05, 3.63) is 123 Å². The van der Waals surface area contributed by atoms with E-state index in [4.69, 9.17) is 0 Å². The van der Waals surface area contributed by atoms with Crippen LogP contribution in [0, 0.1) is 19.7 Å². The van der Waals surface area contributed by atoms with Crippen molar-refractivity contribution in [1.82, 2.24) is 30.1 Å². The molecular formula is C31H33FN6O. The second kappa shape index (κ2) is 11.7. The lowest BCUT2D eigenvalue weighted by molar-refractivity contribution is 0.160. The Balaban J connectivity index is 1.49. The van der Waals surface area contributed by atoms with Crippen molar-refractivity contribution in [3.63, 3.8) is 0 Å². The maximum Gasteiger partial charge on any atom is 0.252 e. The van der Waals surface area contributed by atoms with Crippen LogP contribution in [-0.4, -0.2) is 30.1 Å². The highest BCUT2D eigenvalue weighted by molar-refractivity contribution is 5.82. The number of nitrogens with zero attached hydrogens (tertiary/aromatic N) is 5. The van der Waals surface area contributed by atoms with Crippen LogP contribution in [0.25, 0.3) is 10.9 Å². The number of H-pyrrole nitrogens is 1. The molecule has 0 amide bonds. The predicted octanol–water partition coefficient (Wildman–Crippen LogP) is 5.67. The number of halogens is 1. The van der Waals surface area contributed by atoms with E-state index in [2.05, 4.69) is 63.5 Å². The molecule has 39 heavy (non-hydrogen) atoms. The van der Waals surface area contributed by atoms with Gasteiger partial charge in [0.2, 0.25) is 0 Å². The standard InChI is InChI=1S/C31H33FN6O/c1-4-28(30-34-35-36-38(30)15-14-23-8-6-5-7-9-23)37(19-24-10-12-27(32)13-11-24)20-26-18-25-17-21(2)16-22(3)29(25)33-31(26)39/h5-13,16-18,28H,4,14-15,19-20H2,1-3H3,(H,33,39)/t28-/m0/s1. The van der Waals surface area contributed by atoms with Gasteiger partial charge in [-0.05, 0) is 83.5 Å². The van der Waals surface area contributed by atoms with Crippen molar-refractivity contribution in [1.29, 1.82) is 0 Å². The van der Waals surface area contributed by atoms with Gasteiger partial charge < -0.3 is 4.98 Å². The molecule has 3 aromatic carbocycles. The molecule has 0 saturated heterocycles. The third-order valence-electron chi connectivity index (χ3n) is 7.18. The Morgan fingerprint density at radius 3 is 2.49 bits per heavy atom. The Kier molecular flexibility index (Phi) is 7.93. The molecular weight excluding hydrogens is 491 g/mol. The fraction of sp³-hybridized carbons (Fsp3) is 0.290. The van der Waals surface area contributed by atoms with Crippen LogP contribution in [0.5, 0.6) is 0 Å². The average molecular weight is 525 g/mol. The maximum absolute atomic E-state index is 13.7. The van der Waals surface area contributed by atoms with E-state index in [1.807, 2.05) is 35.9 Å². The van der Waals surface area contributed by atoms with E-state index in [9.17, 15) is 9.18 Å². The molecule has 2 aromatic heterocycles. The number of benzene rings is 3. The smallest absolute Gasteiger partial charge is 0.252 e. The maximum atomic E-state index is 13.7. The summed E-state index contributed by atoms with van der Waals surface area (Å²) >= 11 is 0. The molecule has 0 bridgehead atoms. The molecule has 0 spiro atoms. The molecule has 0 fully saturated rings. The summed E-state index contributed by atoms with van der Waals surface area (Å²) in [5.41, 5.74) is 5.75. The molecule has 0 unspecified atom stereocenters. The normalized spacial score (nSPS) is 12.3. The number of rotatable bonds is 10. The Bertz CT molecular complexity index is 1610. The minimum absolute atomic E-state index is 0.114. The summed E-state index contributed by atoms with van der Waals surface area (Å²) in [5, 5.41) is 13.7. The molecule has 7 nitrogen and oxygen atoms in total. The molecule has 1 N–H and O–H groups in total. The van der Waals surface area contributed by atoms with Crippen LogP contribution in [0.3, 0.4) is 0 Å². The van der Waals surface area contributed by atoms with Crippen LogP contribution in [0.2, 0.25) is 0 Å². The Morgan fingerprint density at radius 2 is 1.74 bits per heavy atom. The van der Waals surface area contributed by atoms with Crippen molar-refractivity contribution >= 4 is 10.9 Å². The molecule has 0 radical (unpaired) electrons. The number of fused-ring (bicyclic) bond motifs is 1. The quantitative estimate of drug-likeness (QED) is 0.255. The van der Waals surface area contributed by atoms with Crippen LogP contribution in [0.15, 0.2) is 77.6 Å². The summed E-state index contributed by atoms with van der Waals surface area (Å²) < 4.78 is 15.5. The van der Waals surface area contributed by atoms with Gasteiger partial charge in [0.25, 0.3) is 5.56 Å². The SMILES string of the molecule is CC[C@@H](c1nnnn1CCc1ccccc1)N(Cc1ccc(F)cc1)Cc1cc2cc(C)cc(C)c2[nH]c1=O. The third-order valence-corrected chi connectivity index (χ3v) is 7.18. The zero-order valence-corrected chi connectivity index (χ0v) is 22.6. The van der Waals surface area contributed by atoms with Gasteiger partial charge in [0.15, 0.2) is 5.82 Å². The number of aromatic amines is 1. The van der Waals surface area contributed by atoms with Crippen molar-refractivity contribution in [2.45, 2.75) is 59.3 Å². The fourth-order valence-electron chi connectivity index (χ4n) is 5.26. The topological polar surface area (TPSA) is 79.7 Å². The first kappa shape index (κ1) is 26.4. The van der Waals surface area contributed by atoms with Crippen molar-refractivity contribution in [2.24, 2.45) is 0 Å². The van der Waals surface area contributed by atoms with Crippen LogP contribution in [-0.2, 0) is 26.1 Å². The number of hydrogen-bond donors (Lipinski definition) is 1. The van der Waals surface area contributed by atoms with Crippen LogP contribution < -0.4 is 5.56 Å². The molecule has 0 aliphatic rings. The van der Waals surface area contributed by atoms with Gasteiger partial charge in [-0.15, -0.1) is 5.10 Å². The highest BCUT2D eigenvalue weighted by Crippen LogP contribution is 2.27. The number of tetrazole rings is 1. The minimum Gasteiger partial charge on any atom is -0.321 e. The first-order chi connectivity index (χ1) is 18.9. The first-order valence-corrected chi connectivity index (χ1v) is 13.3. The molecule has 0 aliphatic heterocycles. The van der Waals surface area contributed by atoms with Crippen LogP contribution in [0.4, 0.5) is 4.39 Å². The van der Waals surface area contributed by atoms with E-state index in [0.717, 1.165) is 46.3 Å². The number of aryl methyl sites for hydroxylation is 4. The van der Waals surface area contributed by atoms with E-state index < -0.39 is 0 Å². The van der Waals surface area contributed by atoms with E-state index in [1.54, 1.807) is 12.1 Å². The molecule has 0 aliphatic carbocycles. The molecule has 8 heteroatoms. The van der Waals surface area contributed by atoms with Gasteiger partial charge in [-0.3, -0.25) is 9.69 Å². The Labute approximate surface area is 227 Å². The zero-order chi connectivity index (χ0) is 27.4. The lowest BCUT2D eigenvalue weighted by atomic mass is 10.0. The summed E-state index contributed by atoms with van der Waals surface area (Å²) in [6.07, 6.45) is 1.53. The summed E-state index contributed by atoms with van der Waals surface area (Å²) in [5.74, 6) is 0.471. The average Bonchev–Trinajstić information content (AvgIpc) is 3.39. The first-order valence-electron chi connectivity index (χ1n) is 13.3. The van der Waals surface area contributed by atoms with Crippen molar-refractivity contribution in [2.75, 3.05) is 0 Å². The van der Waals surface area contributed by atoms with E-state index in [0.29, 0.717) is 25.2 Å². The van der Waals surface area contributed by atoms with Gasteiger partial charge in [0, 0.05) is 25.2 Å². The van der Waals surface area contributed by atoms with Gasteiger partial charge in [-0.2, -0.15) is 0 Å². The predicted molar refractivity (Wildman–Crippen MR) is 151 cm³/mol. The molecule has 5 aromatic rings. The summed E-state index contributed by atoms with van der Waals surface area (Å²) in [6.45, 7) is 7.70. The summed E-state index contributed by atoms with van der Waals surface area (Å²) in [7, 11) is 0. The number of pyridine rings is 1. The third kappa shape index (κ3) is 6.12. The highest BCUT2D eigenvalue weighted by Gasteiger charge is 2.26. The summed E-state index contributed by atoms with van der Waals surface area (Å²) in [6, 6.07) is 22.7. The largest absolute Gasteiger partial charge is 0.321 e. The van der Waals surface area contributed by atoms with Gasteiger partial charge in [0.1, 0.15) is 5.82 Å². The molecule has 5 rings (SSSR count). The van der Waals surface area contributed by atoms with Crippen molar-refractivity contribution in [3.8, 4) is 0 Å². The van der Waals surface area contributed by atoms with Gasteiger partial charge >= 0.3 is 0 Å². The van der Waals surface area contributed by atoms with Gasteiger partial charge in [0.05, 0.1) is 11.6 Å². The minimum atomic E-state index is -0.279. The second-order valence-electron chi connectivity index (χ2n) is 10.1. The molecule has 1 atom stereocenters. The van der Waals surface area contributed by atoms with E-state index >= 15 is 0 Å². The monoisotopic (exact) mass is 524 g/mol. The summed E-state index contributed by atoms with van der Waals surface area (Å²) in [4.78, 5) is 18.5. The number of hydrogen-bond acceptors (Lipinski definition) is 5. The lowest BCUT2D eigenvalue weighted by Crippen LogP contribution is -2.32. The Morgan fingerprint density at radius 1 is 0.974 bits per heavy atom. The molecule has 200 valence electrons. The highest BCUT2D eigenvalue weighted by atomic mass is 19.1. The van der Waals surface area contributed by atoms with Crippen LogP contribution in [0.1, 0.15) is 53.0 Å². The second-order valence-corrected chi connectivity index (χ2v) is 10.1. The fourth-order valence-corrected chi connectivity index (χ4v) is 5.26. The van der Waals surface area contributed by atoms with Crippen LogP contribution >= 0.6 is 0 Å². The van der Waals surface area contributed by atoms with Crippen molar-refractivity contribution < 1.29 is 4.39 Å². The zero-order valence-electron chi connectivity index (χ0n) is 22.6. The number of aromatic nitrogens is 5. The molecule has 0 saturated carbocycles. The Hall–Kier alpha value is -4.17.